The first-order valence-corrected chi connectivity index (χ1v) is 12.9. The van der Waals surface area contributed by atoms with Crippen LogP contribution in [-0.4, -0.2) is 52.5 Å². The molecule has 13 heteroatoms. The predicted octanol–water partition coefficient (Wildman–Crippen LogP) is 5.27. The summed E-state index contributed by atoms with van der Waals surface area (Å²) in [6.07, 6.45) is 5.43. The molecule has 1 aromatic carbocycles. The second-order valence-corrected chi connectivity index (χ2v) is 9.57. The van der Waals surface area contributed by atoms with Gasteiger partial charge in [0.05, 0.1) is 39.4 Å². The molecule has 4 heterocycles. The van der Waals surface area contributed by atoms with Gasteiger partial charge in [-0.15, -0.1) is 11.3 Å². The van der Waals surface area contributed by atoms with Crippen LogP contribution in [0, 0.1) is 12.7 Å². The third-order valence-electron chi connectivity index (χ3n) is 5.58. The molecule has 0 aliphatic rings. The second kappa shape index (κ2) is 12.0. The maximum atomic E-state index is 14.8. The van der Waals surface area contributed by atoms with E-state index in [0.29, 0.717) is 18.1 Å². The van der Waals surface area contributed by atoms with E-state index >= 15 is 0 Å². The number of halogens is 1. The third kappa shape index (κ3) is 6.57. The van der Waals surface area contributed by atoms with Crippen molar-refractivity contribution in [3.8, 4) is 22.1 Å². The lowest BCUT2D eigenvalue weighted by Gasteiger charge is -2.10. The van der Waals surface area contributed by atoms with E-state index in [0.717, 1.165) is 40.4 Å². The summed E-state index contributed by atoms with van der Waals surface area (Å²) in [6, 6.07) is 8.78. The van der Waals surface area contributed by atoms with Crippen LogP contribution in [0.2, 0.25) is 0 Å². The van der Waals surface area contributed by atoms with Crippen molar-refractivity contribution in [1.82, 2.24) is 25.0 Å². The molecule has 3 N–H and O–H groups in total. The molecule has 202 valence electrons. The first kappa shape index (κ1) is 26.3. The number of amides is 2. The average molecular weight is 552 g/mol. The smallest absolute Gasteiger partial charge is 0.325 e. The number of nitrogens with one attached hydrogen (secondary N) is 3. The molecule has 4 aromatic heterocycles. The zero-order valence-corrected chi connectivity index (χ0v) is 22.0. The standard InChI is InChI=1S/C26H26FN7O4S/c1-16-11-24(33-38-16)32-26(35)31-19-4-3-17(12-18(19)27)37-22-5-6-29-20-13-23(39-25(20)22)21-14-34(15-30-21)9-7-28-8-10-36-2/h3-6,11-15,28H,7-10H2,1-2H3,(H2,31,32,33,35). The molecule has 11 nitrogen and oxygen atoms in total. The summed E-state index contributed by atoms with van der Waals surface area (Å²) in [4.78, 5) is 22.1. The Balaban J connectivity index is 1.25. The van der Waals surface area contributed by atoms with Crippen molar-refractivity contribution in [2.45, 2.75) is 13.5 Å². The summed E-state index contributed by atoms with van der Waals surface area (Å²) in [5.74, 6) is 0.927. The van der Waals surface area contributed by atoms with Gasteiger partial charge in [0.25, 0.3) is 0 Å². The fourth-order valence-electron chi connectivity index (χ4n) is 3.72. The van der Waals surface area contributed by atoms with Crippen LogP contribution >= 0.6 is 11.3 Å². The van der Waals surface area contributed by atoms with Crippen molar-refractivity contribution >= 4 is 39.1 Å². The van der Waals surface area contributed by atoms with Crippen LogP contribution in [0.4, 0.5) is 20.7 Å². The highest BCUT2D eigenvalue weighted by Gasteiger charge is 2.15. The van der Waals surface area contributed by atoms with Gasteiger partial charge < -0.3 is 29.2 Å². The van der Waals surface area contributed by atoms with Crippen LogP contribution in [0.1, 0.15) is 5.76 Å². The summed E-state index contributed by atoms with van der Waals surface area (Å²) in [5.41, 5.74) is 1.58. The molecule has 0 saturated carbocycles. The Kier molecular flexibility index (Phi) is 8.10. The first-order chi connectivity index (χ1) is 19.0. The predicted molar refractivity (Wildman–Crippen MR) is 146 cm³/mol. The molecule has 0 spiro atoms. The summed E-state index contributed by atoms with van der Waals surface area (Å²) in [7, 11) is 1.68. The number of pyridine rings is 1. The number of methoxy groups -OCH3 is 1. The summed E-state index contributed by atoms with van der Waals surface area (Å²) >= 11 is 1.49. The van der Waals surface area contributed by atoms with Gasteiger partial charge in [-0.05, 0) is 25.1 Å². The molecular formula is C26H26FN7O4S. The number of carbonyl (C=O) groups excluding carboxylic acids is 1. The van der Waals surface area contributed by atoms with Crippen molar-refractivity contribution in [3.05, 3.63) is 66.7 Å². The van der Waals surface area contributed by atoms with Gasteiger partial charge in [0, 0.05) is 57.3 Å². The number of hydrogen-bond acceptors (Lipinski definition) is 9. The molecule has 0 atom stereocenters. The average Bonchev–Trinajstić information content (AvgIpc) is 3.66. The van der Waals surface area contributed by atoms with Gasteiger partial charge in [-0.3, -0.25) is 10.3 Å². The number of rotatable bonds is 11. The van der Waals surface area contributed by atoms with E-state index in [2.05, 4.69) is 31.1 Å². The minimum Gasteiger partial charge on any atom is -0.456 e. The zero-order chi connectivity index (χ0) is 27.2. The Bertz CT molecular complexity index is 1580. The van der Waals surface area contributed by atoms with Gasteiger partial charge in [0.1, 0.15) is 23.1 Å². The van der Waals surface area contributed by atoms with Gasteiger partial charge >= 0.3 is 6.03 Å². The lowest BCUT2D eigenvalue weighted by molar-refractivity contribution is 0.199. The maximum Gasteiger partial charge on any atom is 0.325 e. The van der Waals surface area contributed by atoms with E-state index in [-0.39, 0.29) is 17.3 Å². The van der Waals surface area contributed by atoms with Gasteiger partial charge in [-0.2, -0.15) is 0 Å². The normalized spacial score (nSPS) is 11.2. The summed E-state index contributed by atoms with van der Waals surface area (Å²) in [5, 5.41) is 11.9. The number of thiophene rings is 1. The van der Waals surface area contributed by atoms with E-state index in [1.54, 1.807) is 44.8 Å². The monoisotopic (exact) mass is 551 g/mol. The van der Waals surface area contributed by atoms with E-state index in [1.165, 1.54) is 23.5 Å². The number of fused-ring (bicyclic) bond motifs is 1. The largest absolute Gasteiger partial charge is 0.456 e. The van der Waals surface area contributed by atoms with Crippen molar-refractivity contribution in [3.63, 3.8) is 0 Å². The van der Waals surface area contributed by atoms with Gasteiger partial charge in [-0.25, -0.2) is 14.2 Å². The Morgan fingerprint density at radius 2 is 2.05 bits per heavy atom. The molecule has 0 bridgehead atoms. The Morgan fingerprint density at radius 1 is 1.15 bits per heavy atom. The number of anilines is 2. The molecule has 0 aliphatic carbocycles. The number of ether oxygens (including phenoxy) is 2. The SMILES string of the molecule is COCCNCCn1cnc(-c2cc3nccc(Oc4ccc(NC(=O)Nc5cc(C)on5)c(F)c4)c3s2)c1. The molecule has 2 amide bonds. The minimum absolute atomic E-state index is 0.0113. The molecule has 0 unspecified atom stereocenters. The van der Waals surface area contributed by atoms with Crippen LogP contribution in [0.15, 0.2) is 59.6 Å². The minimum atomic E-state index is -0.654. The van der Waals surface area contributed by atoms with E-state index in [1.807, 2.05) is 16.8 Å². The topological polar surface area (TPSA) is 128 Å². The number of aryl methyl sites for hydroxylation is 1. The van der Waals surface area contributed by atoms with Crippen LogP contribution in [-0.2, 0) is 11.3 Å². The second-order valence-electron chi connectivity index (χ2n) is 8.52. The van der Waals surface area contributed by atoms with Crippen LogP contribution in [0.5, 0.6) is 11.5 Å². The van der Waals surface area contributed by atoms with Crippen LogP contribution in [0.3, 0.4) is 0 Å². The van der Waals surface area contributed by atoms with Crippen molar-refractivity contribution in [2.75, 3.05) is 37.4 Å². The highest BCUT2D eigenvalue weighted by Crippen LogP contribution is 2.39. The van der Waals surface area contributed by atoms with E-state index in [9.17, 15) is 9.18 Å². The summed E-state index contributed by atoms with van der Waals surface area (Å²) < 4.78 is 33.5. The molecular weight excluding hydrogens is 525 g/mol. The Morgan fingerprint density at radius 3 is 2.85 bits per heavy atom. The molecule has 0 saturated heterocycles. The fourth-order valence-corrected chi connectivity index (χ4v) is 4.75. The number of urea groups is 1. The lowest BCUT2D eigenvalue weighted by atomic mass is 10.3. The van der Waals surface area contributed by atoms with E-state index < -0.39 is 11.8 Å². The highest BCUT2D eigenvalue weighted by atomic mass is 32.1. The van der Waals surface area contributed by atoms with Crippen molar-refractivity contribution in [2.24, 2.45) is 0 Å². The molecule has 0 fully saturated rings. The number of imidazole rings is 1. The number of hydrogen-bond donors (Lipinski definition) is 3. The maximum absolute atomic E-state index is 14.8. The van der Waals surface area contributed by atoms with Crippen LogP contribution < -0.4 is 20.7 Å². The molecule has 5 aromatic rings. The van der Waals surface area contributed by atoms with Gasteiger partial charge in [0.2, 0.25) is 0 Å². The number of carbonyl (C=O) groups is 1. The fraction of sp³-hybridized carbons (Fsp3) is 0.231. The Hall–Kier alpha value is -4.33. The van der Waals surface area contributed by atoms with Crippen molar-refractivity contribution < 1.29 is 23.2 Å². The quantitative estimate of drug-likeness (QED) is 0.190. The van der Waals surface area contributed by atoms with Crippen LogP contribution in [0.25, 0.3) is 20.8 Å². The number of aromatic nitrogens is 4. The zero-order valence-electron chi connectivity index (χ0n) is 21.2. The van der Waals surface area contributed by atoms with Gasteiger partial charge in [-0.1, -0.05) is 5.16 Å². The van der Waals surface area contributed by atoms with Gasteiger partial charge in [0.15, 0.2) is 5.82 Å². The molecule has 0 radical (unpaired) electrons. The lowest BCUT2D eigenvalue weighted by Crippen LogP contribution is -2.23. The van der Waals surface area contributed by atoms with Crippen molar-refractivity contribution in [1.29, 1.82) is 0 Å². The first-order valence-electron chi connectivity index (χ1n) is 12.1. The van der Waals surface area contributed by atoms with E-state index in [4.69, 9.17) is 14.0 Å². The summed E-state index contributed by atoms with van der Waals surface area (Å²) in [6.45, 7) is 4.75. The number of nitrogens with zero attached hydrogens (tertiary/aromatic N) is 4. The third-order valence-corrected chi connectivity index (χ3v) is 6.74. The molecule has 39 heavy (non-hydrogen) atoms. The molecule has 5 rings (SSSR count). The molecule has 0 aliphatic heterocycles. The Labute approximate surface area is 227 Å². The highest BCUT2D eigenvalue weighted by molar-refractivity contribution is 7.22. The number of benzene rings is 1.